The first-order chi connectivity index (χ1) is 10.4. The number of likely N-dealkylation sites (N-methyl/N-ethyl adjacent to an activating group) is 1. The summed E-state index contributed by atoms with van der Waals surface area (Å²) in [6.07, 6.45) is 0. The number of hydrogen-bond donors (Lipinski definition) is 2. The van der Waals surface area contributed by atoms with Gasteiger partial charge in [0.25, 0.3) is 0 Å². The molecule has 6 heteroatoms. The average Bonchev–Trinajstić information content (AvgIpc) is 2.52. The van der Waals surface area contributed by atoms with Gasteiger partial charge in [0.2, 0.25) is 11.8 Å². The number of carbonyl (C=O) groups excluding carboxylic acids is 2. The number of ether oxygens (including phenoxy) is 1. The van der Waals surface area contributed by atoms with Crippen LogP contribution in [0.5, 0.6) is 5.75 Å². The number of amides is 2. The van der Waals surface area contributed by atoms with Crippen molar-refractivity contribution >= 4 is 17.5 Å². The minimum absolute atomic E-state index is 0.0239. The molecule has 1 atom stereocenters. The molecule has 0 radical (unpaired) electrons. The van der Waals surface area contributed by atoms with E-state index in [1.807, 2.05) is 39.0 Å². The Kier molecular flexibility index (Phi) is 6.85. The van der Waals surface area contributed by atoms with Crippen molar-refractivity contribution < 1.29 is 14.3 Å². The first-order valence-corrected chi connectivity index (χ1v) is 7.38. The summed E-state index contributed by atoms with van der Waals surface area (Å²) in [5, 5.41) is 2.59. The van der Waals surface area contributed by atoms with Gasteiger partial charge in [-0.15, -0.1) is 0 Å². The first-order valence-electron chi connectivity index (χ1n) is 7.38. The van der Waals surface area contributed by atoms with E-state index in [9.17, 15) is 9.59 Å². The largest absolute Gasteiger partial charge is 0.497 e. The number of nitrogens with two attached hydrogens (primary N) is 1. The standard InChI is InChI=1S/C16H25N3O3/c1-5-19(12-7-6-8-13(9-12)22-4)14(20)10-18-16(21)15(17)11(2)3/h6-9,11,15H,5,10,17H2,1-4H3,(H,18,21)/t15-/m0/s1. The minimum atomic E-state index is -0.611. The molecule has 2 amide bonds. The molecule has 0 aliphatic carbocycles. The fourth-order valence-corrected chi connectivity index (χ4v) is 1.96. The number of rotatable bonds is 7. The molecule has 122 valence electrons. The second-order valence-corrected chi connectivity index (χ2v) is 5.33. The molecule has 3 N–H and O–H groups in total. The molecular weight excluding hydrogens is 282 g/mol. The van der Waals surface area contributed by atoms with E-state index in [4.69, 9.17) is 10.5 Å². The van der Waals surface area contributed by atoms with Gasteiger partial charge in [-0.1, -0.05) is 19.9 Å². The van der Waals surface area contributed by atoms with Crippen LogP contribution in [0.2, 0.25) is 0 Å². The summed E-state index contributed by atoms with van der Waals surface area (Å²) in [5.74, 6) is 0.190. The van der Waals surface area contributed by atoms with E-state index in [1.54, 1.807) is 18.1 Å². The van der Waals surface area contributed by atoms with Gasteiger partial charge in [-0.2, -0.15) is 0 Å². The number of benzene rings is 1. The fourth-order valence-electron chi connectivity index (χ4n) is 1.96. The lowest BCUT2D eigenvalue weighted by Crippen LogP contribution is -2.48. The van der Waals surface area contributed by atoms with Crippen LogP contribution in [0.15, 0.2) is 24.3 Å². The molecule has 0 bridgehead atoms. The maximum Gasteiger partial charge on any atom is 0.246 e. The van der Waals surface area contributed by atoms with Crippen molar-refractivity contribution in [3.63, 3.8) is 0 Å². The summed E-state index contributed by atoms with van der Waals surface area (Å²) < 4.78 is 5.16. The minimum Gasteiger partial charge on any atom is -0.497 e. The van der Waals surface area contributed by atoms with Crippen molar-refractivity contribution in [3.05, 3.63) is 24.3 Å². The highest BCUT2D eigenvalue weighted by Crippen LogP contribution is 2.20. The normalized spacial score (nSPS) is 11.9. The van der Waals surface area contributed by atoms with Crippen LogP contribution in [0.3, 0.4) is 0 Å². The fraction of sp³-hybridized carbons (Fsp3) is 0.500. The Morgan fingerprint density at radius 1 is 1.36 bits per heavy atom. The van der Waals surface area contributed by atoms with Crippen LogP contribution in [-0.2, 0) is 9.59 Å². The molecule has 0 aliphatic rings. The highest BCUT2D eigenvalue weighted by Gasteiger charge is 2.20. The highest BCUT2D eigenvalue weighted by atomic mass is 16.5. The number of methoxy groups -OCH3 is 1. The van der Waals surface area contributed by atoms with E-state index in [0.717, 1.165) is 5.69 Å². The van der Waals surface area contributed by atoms with E-state index in [2.05, 4.69) is 5.32 Å². The van der Waals surface area contributed by atoms with Gasteiger partial charge >= 0.3 is 0 Å². The van der Waals surface area contributed by atoms with Crippen molar-refractivity contribution in [2.24, 2.45) is 11.7 Å². The zero-order valence-corrected chi connectivity index (χ0v) is 13.6. The summed E-state index contributed by atoms with van der Waals surface area (Å²) in [4.78, 5) is 25.7. The SMILES string of the molecule is CCN(C(=O)CNC(=O)[C@@H](N)C(C)C)c1cccc(OC)c1. The van der Waals surface area contributed by atoms with Gasteiger partial charge in [-0.05, 0) is 25.0 Å². The lowest BCUT2D eigenvalue weighted by atomic mass is 10.1. The summed E-state index contributed by atoms with van der Waals surface area (Å²) in [7, 11) is 1.57. The second-order valence-electron chi connectivity index (χ2n) is 5.33. The Hall–Kier alpha value is -2.08. The topological polar surface area (TPSA) is 84.7 Å². The van der Waals surface area contributed by atoms with Crippen molar-refractivity contribution in [3.8, 4) is 5.75 Å². The smallest absolute Gasteiger partial charge is 0.246 e. The van der Waals surface area contributed by atoms with Gasteiger partial charge in [0.1, 0.15) is 5.75 Å². The zero-order valence-electron chi connectivity index (χ0n) is 13.6. The van der Waals surface area contributed by atoms with Gasteiger partial charge in [0.15, 0.2) is 0 Å². The molecule has 0 unspecified atom stereocenters. The molecule has 22 heavy (non-hydrogen) atoms. The Labute approximate surface area is 131 Å². The van der Waals surface area contributed by atoms with Crippen LogP contribution < -0.4 is 20.7 Å². The van der Waals surface area contributed by atoms with Crippen LogP contribution in [0.4, 0.5) is 5.69 Å². The quantitative estimate of drug-likeness (QED) is 0.791. The lowest BCUT2D eigenvalue weighted by molar-refractivity contribution is -0.126. The molecule has 1 aromatic carbocycles. The zero-order chi connectivity index (χ0) is 16.7. The van der Waals surface area contributed by atoms with Crippen LogP contribution in [-0.4, -0.2) is 38.1 Å². The number of anilines is 1. The number of hydrogen-bond acceptors (Lipinski definition) is 4. The molecule has 0 spiro atoms. The summed E-state index contributed by atoms with van der Waals surface area (Å²) in [6, 6.07) is 6.62. The van der Waals surface area contributed by atoms with Crippen molar-refractivity contribution in [2.45, 2.75) is 26.8 Å². The van der Waals surface area contributed by atoms with Gasteiger partial charge in [0, 0.05) is 18.3 Å². The maximum absolute atomic E-state index is 12.3. The molecule has 0 aromatic heterocycles. The summed E-state index contributed by atoms with van der Waals surface area (Å²) in [6.45, 7) is 6.02. The van der Waals surface area contributed by atoms with Gasteiger partial charge < -0.3 is 20.7 Å². The Bertz CT molecular complexity index is 517. The molecule has 1 aromatic rings. The molecule has 0 aliphatic heterocycles. The highest BCUT2D eigenvalue weighted by molar-refractivity contribution is 5.97. The third-order valence-electron chi connectivity index (χ3n) is 3.42. The molecule has 1 rings (SSSR count). The number of nitrogens with one attached hydrogen (secondary N) is 1. The third-order valence-corrected chi connectivity index (χ3v) is 3.42. The Morgan fingerprint density at radius 3 is 2.59 bits per heavy atom. The second kappa shape index (κ2) is 8.38. The molecule has 0 saturated heterocycles. The van der Waals surface area contributed by atoms with Crippen LogP contribution in [0.1, 0.15) is 20.8 Å². The molecule has 0 fully saturated rings. The molecule has 6 nitrogen and oxygen atoms in total. The van der Waals surface area contributed by atoms with E-state index in [-0.39, 0.29) is 24.3 Å². The molecule has 0 heterocycles. The lowest BCUT2D eigenvalue weighted by Gasteiger charge is -2.22. The van der Waals surface area contributed by atoms with Gasteiger partial charge in [-0.25, -0.2) is 0 Å². The summed E-state index contributed by atoms with van der Waals surface area (Å²) >= 11 is 0. The van der Waals surface area contributed by atoms with Gasteiger partial charge in [0.05, 0.1) is 19.7 Å². The van der Waals surface area contributed by atoms with Crippen LogP contribution in [0.25, 0.3) is 0 Å². The predicted octanol–water partition coefficient (Wildman–Crippen LogP) is 1.15. The van der Waals surface area contributed by atoms with E-state index in [0.29, 0.717) is 12.3 Å². The maximum atomic E-state index is 12.3. The Balaban J connectivity index is 2.70. The van der Waals surface area contributed by atoms with E-state index < -0.39 is 6.04 Å². The monoisotopic (exact) mass is 307 g/mol. The van der Waals surface area contributed by atoms with E-state index in [1.165, 1.54) is 0 Å². The van der Waals surface area contributed by atoms with Crippen molar-refractivity contribution in [1.29, 1.82) is 0 Å². The predicted molar refractivity (Wildman–Crippen MR) is 86.8 cm³/mol. The van der Waals surface area contributed by atoms with Crippen LogP contribution in [0, 0.1) is 5.92 Å². The van der Waals surface area contributed by atoms with Crippen molar-refractivity contribution in [1.82, 2.24) is 5.32 Å². The third kappa shape index (κ3) is 4.73. The number of nitrogens with zero attached hydrogens (tertiary/aromatic N) is 1. The Morgan fingerprint density at radius 2 is 2.05 bits per heavy atom. The first kappa shape index (κ1) is 18.0. The average molecular weight is 307 g/mol. The van der Waals surface area contributed by atoms with Crippen molar-refractivity contribution in [2.75, 3.05) is 25.1 Å². The summed E-state index contributed by atoms with van der Waals surface area (Å²) in [5.41, 5.74) is 6.48. The van der Waals surface area contributed by atoms with E-state index >= 15 is 0 Å². The van der Waals surface area contributed by atoms with Gasteiger partial charge in [-0.3, -0.25) is 9.59 Å². The number of carbonyl (C=O) groups is 2. The van der Waals surface area contributed by atoms with Crippen LogP contribution >= 0.6 is 0 Å². The molecule has 0 saturated carbocycles. The molecular formula is C16H25N3O3.